The van der Waals surface area contributed by atoms with E-state index in [4.69, 9.17) is 9.47 Å². The van der Waals surface area contributed by atoms with Crippen molar-refractivity contribution in [1.82, 2.24) is 5.32 Å². The standard InChI is InChI=1S/C8H15NO3/c1-11-6-12-5-7-3-2-4-8(10)9-7/h7H,2-6H2,1H3,(H,9,10). The van der Waals surface area contributed by atoms with Crippen LogP contribution in [-0.4, -0.2) is 32.5 Å². The molecule has 0 aromatic heterocycles. The molecule has 0 saturated carbocycles. The van der Waals surface area contributed by atoms with Gasteiger partial charge in [-0.3, -0.25) is 4.79 Å². The summed E-state index contributed by atoms with van der Waals surface area (Å²) < 4.78 is 9.86. The Labute approximate surface area is 72.2 Å². The van der Waals surface area contributed by atoms with Crippen molar-refractivity contribution < 1.29 is 14.3 Å². The maximum absolute atomic E-state index is 10.9. The first kappa shape index (κ1) is 9.48. The minimum atomic E-state index is 0.132. The van der Waals surface area contributed by atoms with Crippen molar-refractivity contribution in [2.24, 2.45) is 0 Å². The number of ether oxygens (including phenoxy) is 2. The first-order valence-electron chi connectivity index (χ1n) is 4.19. The van der Waals surface area contributed by atoms with E-state index in [9.17, 15) is 4.79 Å². The van der Waals surface area contributed by atoms with E-state index in [1.165, 1.54) is 0 Å². The van der Waals surface area contributed by atoms with E-state index in [-0.39, 0.29) is 11.9 Å². The quantitative estimate of drug-likeness (QED) is 0.490. The average Bonchev–Trinajstić information content (AvgIpc) is 2.05. The first-order valence-corrected chi connectivity index (χ1v) is 4.19. The Balaban J connectivity index is 2.10. The van der Waals surface area contributed by atoms with Gasteiger partial charge in [-0.25, -0.2) is 0 Å². The molecule has 1 amide bonds. The van der Waals surface area contributed by atoms with Gasteiger partial charge in [0.15, 0.2) is 0 Å². The zero-order valence-electron chi connectivity index (χ0n) is 7.34. The smallest absolute Gasteiger partial charge is 0.220 e. The normalized spacial score (nSPS) is 23.8. The van der Waals surface area contributed by atoms with Crippen molar-refractivity contribution >= 4 is 5.91 Å². The third kappa shape index (κ3) is 3.19. The Morgan fingerprint density at radius 3 is 3.17 bits per heavy atom. The zero-order chi connectivity index (χ0) is 8.81. The van der Waals surface area contributed by atoms with Gasteiger partial charge in [0.05, 0.1) is 12.6 Å². The summed E-state index contributed by atoms with van der Waals surface area (Å²) in [4.78, 5) is 10.9. The molecule has 1 aliphatic rings. The van der Waals surface area contributed by atoms with Crippen LogP contribution >= 0.6 is 0 Å². The molecule has 0 bridgehead atoms. The molecule has 0 aromatic rings. The van der Waals surface area contributed by atoms with E-state index >= 15 is 0 Å². The van der Waals surface area contributed by atoms with Crippen molar-refractivity contribution in [2.45, 2.75) is 25.3 Å². The first-order chi connectivity index (χ1) is 5.83. The number of hydrogen-bond donors (Lipinski definition) is 1. The molecule has 0 spiro atoms. The van der Waals surface area contributed by atoms with Crippen LogP contribution in [-0.2, 0) is 14.3 Å². The van der Waals surface area contributed by atoms with Crippen LogP contribution in [0.2, 0.25) is 0 Å². The number of hydrogen-bond acceptors (Lipinski definition) is 3. The number of nitrogens with one attached hydrogen (secondary N) is 1. The van der Waals surface area contributed by atoms with Crippen molar-refractivity contribution in [2.75, 3.05) is 20.5 Å². The molecule has 1 fully saturated rings. The van der Waals surface area contributed by atoms with Crippen LogP contribution in [0.4, 0.5) is 0 Å². The fraction of sp³-hybridized carbons (Fsp3) is 0.875. The molecule has 70 valence electrons. The molecule has 0 aromatic carbocycles. The highest BCUT2D eigenvalue weighted by atomic mass is 16.7. The predicted molar refractivity (Wildman–Crippen MR) is 43.6 cm³/mol. The molecule has 0 aliphatic carbocycles. The topological polar surface area (TPSA) is 47.6 Å². The number of methoxy groups -OCH3 is 1. The molecule has 1 saturated heterocycles. The van der Waals surface area contributed by atoms with Crippen molar-refractivity contribution in [1.29, 1.82) is 0 Å². The lowest BCUT2D eigenvalue weighted by molar-refractivity contribution is -0.124. The Bertz CT molecular complexity index is 149. The molecule has 1 aliphatic heterocycles. The second-order valence-electron chi connectivity index (χ2n) is 2.93. The van der Waals surface area contributed by atoms with Crippen LogP contribution in [0.25, 0.3) is 0 Å². The lowest BCUT2D eigenvalue weighted by Gasteiger charge is -2.22. The average molecular weight is 173 g/mol. The van der Waals surface area contributed by atoms with Gasteiger partial charge in [-0.15, -0.1) is 0 Å². The van der Waals surface area contributed by atoms with Crippen molar-refractivity contribution in [3.63, 3.8) is 0 Å². The van der Waals surface area contributed by atoms with Crippen LogP contribution in [0.3, 0.4) is 0 Å². The summed E-state index contributed by atoms with van der Waals surface area (Å²) >= 11 is 0. The highest BCUT2D eigenvalue weighted by molar-refractivity contribution is 5.76. The molecule has 1 N–H and O–H groups in total. The third-order valence-corrected chi connectivity index (χ3v) is 1.84. The summed E-state index contributed by atoms with van der Waals surface area (Å²) in [6.07, 6.45) is 2.63. The van der Waals surface area contributed by atoms with Gasteiger partial charge in [-0.2, -0.15) is 0 Å². The Hall–Kier alpha value is -0.610. The Morgan fingerprint density at radius 2 is 2.50 bits per heavy atom. The molecule has 0 radical (unpaired) electrons. The maximum Gasteiger partial charge on any atom is 0.220 e. The molecule has 4 nitrogen and oxygen atoms in total. The SMILES string of the molecule is COCOCC1CCCC(=O)N1. The summed E-state index contributed by atoms with van der Waals surface area (Å²) in [5, 5.41) is 2.86. The highest BCUT2D eigenvalue weighted by Crippen LogP contribution is 2.07. The molecular formula is C8H15NO3. The lowest BCUT2D eigenvalue weighted by atomic mass is 10.1. The molecular weight excluding hydrogens is 158 g/mol. The fourth-order valence-electron chi connectivity index (χ4n) is 1.28. The van der Waals surface area contributed by atoms with Crippen LogP contribution in [0.5, 0.6) is 0 Å². The maximum atomic E-state index is 10.9. The molecule has 1 heterocycles. The van der Waals surface area contributed by atoms with E-state index in [1.807, 2.05) is 0 Å². The van der Waals surface area contributed by atoms with Gasteiger partial charge in [0, 0.05) is 13.5 Å². The van der Waals surface area contributed by atoms with Gasteiger partial charge < -0.3 is 14.8 Å². The Kier molecular flexibility index (Phi) is 4.04. The fourth-order valence-corrected chi connectivity index (χ4v) is 1.28. The molecule has 4 heteroatoms. The van der Waals surface area contributed by atoms with Crippen LogP contribution in [0, 0.1) is 0 Å². The zero-order valence-corrected chi connectivity index (χ0v) is 7.34. The predicted octanol–water partition coefficient (Wildman–Crippen LogP) is 0.276. The van der Waals surface area contributed by atoms with Gasteiger partial charge in [0.25, 0.3) is 0 Å². The van der Waals surface area contributed by atoms with Gasteiger partial charge >= 0.3 is 0 Å². The van der Waals surface area contributed by atoms with E-state index < -0.39 is 0 Å². The molecule has 1 atom stereocenters. The van der Waals surface area contributed by atoms with E-state index in [1.54, 1.807) is 7.11 Å². The summed E-state index contributed by atoms with van der Waals surface area (Å²) in [6.45, 7) is 0.853. The number of carbonyl (C=O) groups is 1. The summed E-state index contributed by atoms with van der Waals surface area (Å²) in [5.41, 5.74) is 0. The second kappa shape index (κ2) is 5.11. The van der Waals surface area contributed by atoms with Crippen LogP contribution in [0.15, 0.2) is 0 Å². The monoisotopic (exact) mass is 173 g/mol. The number of amides is 1. The summed E-state index contributed by atoms with van der Waals surface area (Å²) in [7, 11) is 1.58. The second-order valence-corrected chi connectivity index (χ2v) is 2.93. The van der Waals surface area contributed by atoms with Crippen LogP contribution in [0.1, 0.15) is 19.3 Å². The van der Waals surface area contributed by atoms with Crippen molar-refractivity contribution in [3.05, 3.63) is 0 Å². The van der Waals surface area contributed by atoms with Crippen molar-refractivity contribution in [3.8, 4) is 0 Å². The third-order valence-electron chi connectivity index (χ3n) is 1.84. The minimum Gasteiger partial charge on any atom is -0.359 e. The van der Waals surface area contributed by atoms with E-state index in [2.05, 4.69) is 5.32 Å². The molecule has 1 rings (SSSR count). The minimum absolute atomic E-state index is 0.132. The summed E-state index contributed by atoms with van der Waals surface area (Å²) in [6, 6.07) is 0.182. The largest absolute Gasteiger partial charge is 0.359 e. The highest BCUT2D eigenvalue weighted by Gasteiger charge is 2.17. The number of rotatable bonds is 4. The van der Waals surface area contributed by atoms with E-state index in [0.29, 0.717) is 19.8 Å². The van der Waals surface area contributed by atoms with Gasteiger partial charge in [-0.05, 0) is 12.8 Å². The Morgan fingerprint density at radius 1 is 1.67 bits per heavy atom. The van der Waals surface area contributed by atoms with Gasteiger partial charge in [0.1, 0.15) is 6.79 Å². The lowest BCUT2D eigenvalue weighted by Crippen LogP contribution is -2.41. The number of piperidine rings is 1. The van der Waals surface area contributed by atoms with E-state index in [0.717, 1.165) is 12.8 Å². The van der Waals surface area contributed by atoms with Gasteiger partial charge in [0.2, 0.25) is 5.91 Å². The number of carbonyl (C=O) groups excluding carboxylic acids is 1. The van der Waals surface area contributed by atoms with Crippen LogP contribution < -0.4 is 5.32 Å². The van der Waals surface area contributed by atoms with Gasteiger partial charge in [-0.1, -0.05) is 0 Å². The molecule has 12 heavy (non-hydrogen) atoms. The summed E-state index contributed by atoms with van der Waals surface area (Å²) in [5.74, 6) is 0.132. The molecule has 1 unspecified atom stereocenters.